The Morgan fingerprint density at radius 1 is 1.53 bits per heavy atom. The fourth-order valence-electron chi connectivity index (χ4n) is 2.33. The van der Waals surface area contributed by atoms with Crippen LogP contribution in [0.3, 0.4) is 0 Å². The zero-order valence-corrected chi connectivity index (χ0v) is 9.15. The number of hydrogen-bond donors (Lipinski definition) is 0. The van der Waals surface area contributed by atoms with Crippen LogP contribution in [0.15, 0.2) is 24.5 Å². The molecule has 1 heterocycles. The van der Waals surface area contributed by atoms with Crippen LogP contribution in [0.2, 0.25) is 0 Å². The number of aromatic nitrogens is 1. The molecular formula is C13H17NO. The first-order valence-electron chi connectivity index (χ1n) is 5.67. The highest BCUT2D eigenvalue weighted by molar-refractivity contribution is 5.82. The van der Waals surface area contributed by atoms with Crippen LogP contribution in [-0.2, 0) is 11.2 Å². The molecule has 1 aliphatic rings. The van der Waals surface area contributed by atoms with Gasteiger partial charge in [0.2, 0.25) is 0 Å². The average molecular weight is 203 g/mol. The molecular weight excluding hydrogens is 186 g/mol. The zero-order chi connectivity index (χ0) is 10.7. The Hall–Kier alpha value is -1.18. The van der Waals surface area contributed by atoms with E-state index in [1.165, 1.54) is 5.56 Å². The Morgan fingerprint density at radius 2 is 2.40 bits per heavy atom. The van der Waals surface area contributed by atoms with Crippen molar-refractivity contribution >= 4 is 5.78 Å². The summed E-state index contributed by atoms with van der Waals surface area (Å²) in [5.41, 5.74) is 1.19. The third-order valence-electron chi connectivity index (χ3n) is 3.23. The van der Waals surface area contributed by atoms with Crippen LogP contribution < -0.4 is 0 Å². The summed E-state index contributed by atoms with van der Waals surface area (Å²) in [5.74, 6) is 1.37. The van der Waals surface area contributed by atoms with Gasteiger partial charge in [0.15, 0.2) is 0 Å². The first kappa shape index (κ1) is 10.3. The minimum absolute atomic E-state index is 0.234. The van der Waals surface area contributed by atoms with E-state index in [2.05, 4.69) is 18.0 Å². The van der Waals surface area contributed by atoms with Gasteiger partial charge in [0, 0.05) is 24.7 Å². The lowest BCUT2D eigenvalue weighted by molar-refractivity contribution is -0.125. The summed E-state index contributed by atoms with van der Waals surface area (Å²) in [7, 11) is 0. The fraction of sp³-hybridized carbons (Fsp3) is 0.538. The highest BCUT2D eigenvalue weighted by atomic mass is 16.1. The molecule has 1 aromatic rings. The van der Waals surface area contributed by atoms with Crippen molar-refractivity contribution in [3.63, 3.8) is 0 Å². The molecule has 2 atom stereocenters. The quantitative estimate of drug-likeness (QED) is 0.739. The van der Waals surface area contributed by atoms with Gasteiger partial charge in [-0.25, -0.2) is 0 Å². The molecule has 0 N–H and O–H groups in total. The van der Waals surface area contributed by atoms with Crippen molar-refractivity contribution in [3.8, 4) is 0 Å². The number of Topliss-reactive ketones (excluding diaryl/α,β-unsaturated/α-hetero) is 1. The molecule has 2 heteroatoms. The normalized spacial score (nSPS) is 26.6. The van der Waals surface area contributed by atoms with E-state index in [0.717, 1.165) is 25.7 Å². The number of ketones is 1. The topological polar surface area (TPSA) is 30.0 Å². The van der Waals surface area contributed by atoms with E-state index >= 15 is 0 Å². The predicted octanol–water partition coefficient (Wildman–Crippen LogP) is 2.63. The molecule has 1 aromatic heterocycles. The van der Waals surface area contributed by atoms with Gasteiger partial charge < -0.3 is 0 Å². The maximum atomic E-state index is 11.7. The highest BCUT2D eigenvalue weighted by Crippen LogP contribution is 2.28. The number of carbonyl (C=O) groups excluding carboxylic acids is 1. The number of pyridine rings is 1. The number of nitrogens with zero attached hydrogens (tertiary/aromatic N) is 1. The van der Waals surface area contributed by atoms with Gasteiger partial charge in [-0.2, -0.15) is 0 Å². The Morgan fingerprint density at radius 3 is 3.13 bits per heavy atom. The van der Waals surface area contributed by atoms with Crippen molar-refractivity contribution in [2.75, 3.05) is 0 Å². The molecule has 2 nitrogen and oxygen atoms in total. The summed E-state index contributed by atoms with van der Waals surface area (Å²) in [6, 6.07) is 3.99. The molecule has 0 radical (unpaired) electrons. The molecule has 1 fully saturated rings. The van der Waals surface area contributed by atoms with E-state index in [-0.39, 0.29) is 5.92 Å². The van der Waals surface area contributed by atoms with Crippen LogP contribution in [-0.4, -0.2) is 10.8 Å². The van der Waals surface area contributed by atoms with Crippen LogP contribution in [0.1, 0.15) is 31.7 Å². The molecule has 0 aliphatic heterocycles. The molecule has 1 saturated carbocycles. The fourth-order valence-corrected chi connectivity index (χ4v) is 2.33. The Kier molecular flexibility index (Phi) is 3.14. The first-order chi connectivity index (χ1) is 7.25. The van der Waals surface area contributed by atoms with Crippen LogP contribution >= 0.6 is 0 Å². The second-order valence-corrected chi connectivity index (χ2v) is 4.61. The molecule has 1 aliphatic carbocycles. The monoisotopic (exact) mass is 203 g/mol. The van der Waals surface area contributed by atoms with Gasteiger partial charge in [-0.15, -0.1) is 0 Å². The smallest absolute Gasteiger partial charge is 0.136 e. The molecule has 0 bridgehead atoms. The minimum atomic E-state index is 0.234. The first-order valence-corrected chi connectivity index (χ1v) is 5.67. The van der Waals surface area contributed by atoms with Gasteiger partial charge in [0.05, 0.1) is 0 Å². The maximum absolute atomic E-state index is 11.7. The van der Waals surface area contributed by atoms with Crippen molar-refractivity contribution in [3.05, 3.63) is 30.1 Å². The van der Waals surface area contributed by atoms with Gasteiger partial charge in [-0.05, 0) is 36.8 Å². The van der Waals surface area contributed by atoms with Gasteiger partial charge in [0.25, 0.3) is 0 Å². The van der Waals surface area contributed by atoms with Crippen LogP contribution in [0.4, 0.5) is 0 Å². The van der Waals surface area contributed by atoms with Gasteiger partial charge >= 0.3 is 0 Å². The summed E-state index contributed by atoms with van der Waals surface area (Å²) in [6.07, 6.45) is 7.40. The summed E-state index contributed by atoms with van der Waals surface area (Å²) >= 11 is 0. The van der Waals surface area contributed by atoms with Crippen molar-refractivity contribution in [2.24, 2.45) is 11.8 Å². The lowest BCUT2D eigenvalue weighted by Crippen LogP contribution is -2.25. The van der Waals surface area contributed by atoms with E-state index in [9.17, 15) is 4.79 Å². The average Bonchev–Trinajstić information content (AvgIpc) is 2.25. The molecule has 0 amide bonds. The Labute approximate surface area is 90.7 Å². The Balaban J connectivity index is 2.01. The van der Waals surface area contributed by atoms with Crippen molar-refractivity contribution in [1.29, 1.82) is 0 Å². The lowest BCUT2D eigenvalue weighted by Gasteiger charge is -2.25. The van der Waals surface area contributed by atoms with Crippen molar-refractivity contribution in [1.82, 2.24) is 4.98 Å². The van der Waals surface area contributed by atoms with E-state index < -0.39 is 0 Å². The van der Waals surface area contributed by atoms with E-state index in [1.807, 2.05) is 12.3 Å². The standard InChI is InChI=1S/C13H17NO/c1-10-4-5-13(15)12(7-10)8-11-3-2-6-14-9-11/h2-3,6,9-10,12H,4-5,7-8H2,1H3. The largest absolute Gasteiger partial charge is 0.299 e. The summed E-state index contributed by atoms with van der Waals surface area (Å²) < 4.78 is 0. The molecule has 0 aromatic carbocycles. The second-order valence-electron chi connectivity index (χ2n) is 4.61. The second kappa shape index (κ2) is 4.56. The van der Waals surface area contributed by atoms with Crippen LogP contribution in [0.25, 0.3) is 0 Å². The predicted molar refractivity (Wildman–Crippen MR) is 59.5 cm³/mol. The molecule has 15 heavy (non-hydrogen) atoms. The van der Waals surface area contributed by atoms with Crippen molar-refractivity contribution < 1.29 is 4.79 Å². The van der Waals surface area contributed by atoms with Gasteiger partial charge in [-0.1, -0.05) is 13.0 Å². The number of carbonyl (C=O) groups is 1. The van der Waals surface area contributed by atoms with E-state index in [0.29, 0.717) is 11.7 Å². The molecule has 2 unspecified atom stereocenters. The van der Waals surface area contributed by atoms with Crippen LogP contribution in [0, 0.1) is 11.8 Å². The summed E-state index contributed by atoms with van der Waals surface area (Å²) in [5, 5.41) is 0. The summed E-state index contributed by atoms with van der Waals surface area (Å²) in [4.78, 5) is 15.8. The third kappa shape index (κ3) is 2.65. The number of hydrogen-bond acceptors (Lipinski definition) is 2. The van der Waals surface area contributed by atoms with E-state index in [1.54, 1.807) is 6.20 Å². The highest BCUT2D eigenvalue weighted by Gasteiger charge is 2.26. The van der Waals surface area contributed by atoms with Crippen molar-refractivity contribution in [2.45, 2.75) is 32.6 Å². The lowest BCUT2D eigenvalue weighted by atomic mass is 9.79. The zero-order valence-electron chi connectivity index (χ0n) is 9.15. The Bertz CT molecular complexity index is 334. The van der Waals surface area contributed by atoms with Crippen LogP contribution in [0.5, 0.6) is 0 Å². The molecule has 2 rings (SSSR count). The van der Waals surface area contributed by atoms with E-state index in [4.69, 9.17) is 0 Å². The SMILES string of the molecule is CC1CCC(=O)C(Cc2cccnc2)C1. The van der Waals surface area contributed by atoms with Gasteiger partial charge in [-0.3, -0.25) is 9.78 Å². The molecule has 0 spiro atoms. The molecule has 0 saturated heterocycles. The molecule has 80 valence electrons. The number of rotatable bonds is 2. The summed E-state index contributed by atoms with van der Waals surface area (Å²) in [6.45, 7) is 2.24. The van der Waals surface area contributed by atoms with Gasteiger partial charge in [0.1, 0.15) is 5.78 Å². The maximum Gasteiger partial charge on any atom is 0.136 e. The third-order valence-corrected chi connectivity index (χ3v) is 3.23. The minimum Gasteiger partial charge on any atom is -0.299 e.